The molecular weight excluding hydrogens is 464 g/mol. The summed E-state index contributed by atoms with van der Waals surface area (Å²) in [6.07, 6.45) is 1.91. The molecule has 0 atom stereocenters. The first-order chi connectivity index (χ1) is 16.7. The fourth-order valence-corrected chi connectivity index (χ4v) is 5.07. The molecular formula is C26H26N4O4S. The topological polar surface area (TPSA) is 103 Å². The number of hydrogen-bond donors (Lipinski definition) is 1. The number of nitrogens with zero attached hydrogens (tertiary/aromatic N) is 3. The van der Waals surface area contributed by atoms with E-state index in [0.29, 0.717) is 39.1 Å². The first-order valence-electron chi connectivity index (χ1n) is 11.3. The number of carbonyl (C=O) groups excluding carboxylic acids is 3. The second-order valence-corrected chi connectivity index (χ2v) is 9.07. The zero-order valence-corrected chi connectivity index (χ0v) is 21.1. The van der Waals surface area contributed by atoms with Crippen LogP contribution < -0.4 is 5.32 Å². The third-order valence-corrected chi connectivity index (χ3v) is 6.99. The highest BCUT2D eigenvalue weighted by molar-refractivity contribution is 7.18. The van der Waals surface area contributed by atoms with E-state index in [-0.39, 0.29) is 23.0 Å². The molecule has 35 heavy (non-hydrogen) atoms. The summed E-state index contributed by atoms with van der Waals surface area (Å²) in [5, 5.41) is 8.32. The number of aromatic nitrogens is 3. The van der Waals surface area contributed by atoms with Gasteiger partial charge in [-0.15, -0.1) is 11.3 Å². The van der Waals surface area contributed by atoms with Gasteiger partial charge in [0, 0.05) is 23.7 Å². The number of thiophene rings is 1. The van der Waals surface area contributed by atoms with Crippen molar-refractivity contribution in [3.63, 3.8) is 0 Å². The van der Waals surface area contributed by atoms with Crippen LogP contribution in [0.5, 0.6) is 0 Å². The SMILES string of the molecule is CCOC(=O)c1c(NC(=O)c2cc(-c3cn(CC)nc3C)nc3ccccc23)sc(C(C)=O)c1C. The minimum Gasteiger partial charge on any atom is -0.462 e. The number of amides is 1. The molecule has 0 aliphatic carbocycles. The molecule has 1 amide bonds. The van der Waals surface area contributed by atoms with Crippen molar-refractivity contribution in [3.05, 3.63) is 63.8 Å². The third-order valence-electron chi connectivity index (χ3n) is 5.68. The molecule has 0 fully saturated rings. The van der Waals surface area contributed by atoms with E-state index in [9.17, 15) is 14.4 Å². The van der Waals surface area contributed by atoms with E-state index in [0.717, 1.165) is 22.6 Å². The maximum Gasteiger partial charge on any atom is 0.341 e. The Bertz CT molecular complexity index is 1470. The highest BCUT2D eigenvalue weighted by Crippen LogP contribution is 2.35. The number of ketones is 1. The number of fused-ring (bicyclic) bond motifs is 1. The molecule has 4 aromatic rings. The normalized spacial score (nSPS) is 11.0. The second kappa shape index (κ2) is 9.79. The van der Waals surface area contributed by atoms with Gasteiger partial charge in [0.15, 0.2) is 5.78 Å². The number of anilines is 1. The van der Waals surface area contributed by atoms with Crippen LogP contribution in [0, 0.1) is 13.8 Å². The Morgan fingerprint density at radius 3 is 2.54 bits per heavy atom. The Morgan fingerprint density at radius 2 is 1.89 bits per heavy atom. The van der Waals surface area contributed by atoms with Gasteiger partial charge < -0.3 is 10.1 Å². The van der Waals surface area contributed by atoms with Crippen LogP contribution >= 0.6 is 11.3 Å². The van der Waals surface area contributed by atoms with Crippen molar-refractivity contribution >= 4 is 44.9 Å². The smallest absolute Gasteiger partial charge is 0.341 e. The second-order valence-electron chi connectivity index (χ2n) is 8.05. The van der Waals surface area contributed by atoms with E-state index in [2.05, 4.69) is 10.4 Å². The Morgan fingerprint density at radius 1 is 1.14 bits per heavy atom. The minimum absolute atomic E-state index is 0.181. The van der Waals surface area contributed by atoms with Crippen LogP contribution in [0.15, 0.2) is 36.5 Å². The molecule has 0 bridgehead atoms. The first kappa shape index (κ1) is 24.3. The lowest BCUT2D eigenvalue weighted by atomic mass is 10.0. The summed E-state index contributed by atoms with van der Waals surface area (Å²) in [4.78, 5) is 43.6. The maximum atomic E-state index is 13.6. The van der Waals surface area contributed by atoms with Crippen LogP contribution in [0.25, 0.3) is 22.2 Å². The molecule has 0 radical (unpaired) electrons. The van der Waals surface area contributed by atoms with Crippen LogP contribution in [0.4, 0.5) is 5.00 Å². The van der Waals surface area contributed by atoms with E-state index in [4.69, 9.17) is 9.72 Å². The molecule has 3 aromatic heterocycles. The standard InChI is InChI=1S/C26H26N4O4S/c1-6-30-13-19(15(4)29-30)21-12-18(17-10-8-9-11-20(17)27-21)24(32)28-25-22(26(33)34-7-2)14(3)23(35-25)16(5)31/h8-13H,6-7H2,1-5H3,(H,28,32). The van der Waals surface area contributed by atoms with Gasteiger partial charge in [-0.3, -0.25) is 14.3 Å². The van der Waals surface area contributed by atoms with E-state index in [1.54, 1.807) is 19.9 Å². The number of carbonyl (C=O) groups is 3. The molecule has 0 unspecified atom stereocenters. The lowest BCUT2D eigenvalue weighted by Gasteiger charge is -2.11. The van der Waals surface area contributed by atoms with Gasteiger partial charge in [0.25, 0.3) is 5.91 Å². The maximum absolute atomic E-state index is 13.6. The van der Waals surface area contributed by atoms with Crippen LogP contribution in [0.2, 0.25) is 0 Å². The largest absolute Gasteiger partial charge is 0.462 e. The molecule has 0 saturated carbocycles. The van der Waals surface area contributed by atoms with Gasteiger partial charge in [-0.05, 0) is 52.3 Å². The average molecular weight is 491 g/mol. The summed E-state index contributed by atoms with van der Waals surface area (Å²) in [5.41, 5.74) is 4.04. The third kappa shape index (κ3) is 4.59. The van der Waals surface area contributed by atoms with Crippen molar-refractivity contribution < 1.29 is 19.1 Å². The number of Topliss-reactive ketones (excluding diaryl/α,β-unsaturated/α-hetero) is 1. The van der Waals surface area contributed by atoms with E-state index in [1.807, 2.05) is 49.0 Å². The van der Waals surface area contributed by atoms with Crippen molar-refractivity contribution in [2.75, 3.05) is 11.9 Å². The monoisotopic (exact) mass is 490 g/mol. The van der Waals surface area contributed by atoms with Crippen LogP contribution in [-0.4, -0.2) is 39.0 Å². The van der Waals surface area contributed by atoms with Gasteiger partial charge in [0.05, 0.1) is 39.5 Å². The van der Waals surface area contributed by atoms with Gasteiger partial charge in [-0.25, -0.2) is 9.78 Å². The number of benzene rings is 1. The van der Waals surface area contributed by atoms with Gasteiger partial charge in [-0.2, -0.15) is 5.10 Å². The zero-order chi connectivity index (χ0) is 25.3. The van der Waals surface area contributed by atoms with Crippen LogP contribution in [-0.2, 0) is 11.3 Å². The van der Waals surface area contributed by atoms with Gasteiger partial charge in [0.1, 0.15) is 5.00 Å². The van der Waals surface area contributed by atoms with Crippen molar-refractivity contribution in [2.24, 2.45) is 0 Å². The molecule has 4 rings (SSSR count). The summed E-state index contributed by atoms with van der Waals surface area (Å²) >= 11 is 1.07. The molecule has 0 spiro atoms. The number of esters is 1. The molecule has 0 aliphatic heterocycles. The van der Waals surface area contributed by atoms with Crippen LogP contribution in [0.3, 0.4) is 0 Å². The Hall–Kier alpha value is -3.85. The summed E-state index contributed by atoms with van der Waals surface area (Å²) in [7, 11) is 0. The molecule has 0 aliphatic rings. The van der Waals surface area contributed by atoms with Crippen LogP contribution in [0.1, 0.15) is 62.4 Å². The molecule has 9 heteroatoms. The molecule has 180 valence electrons. The van der Waals surface area contributed by atoms with Gasteiger partial charge in [-0.1, -0.05) is 18.2 Å². The lowest BCUT2D eigenvalue weighted by Crippen LogP contribution is -2.15. The number of ether oxygens (including phenoxy) is 1. The first-order valence-corrected chi connectivity index (χ1v) is 12.1. The van der Waals surface area contributed by atoms with Crippen molar-refractivity contribution in [3.8, 4) is 11.3 Å². The minimum atomic E-state index is -0.577. The van der Waals surface area contributed by atoms with E-state index >= 15 is 0 Å². The van der Waals surface area contributed by atoms with Crippen molar-refractivity contribution in [1.82, 2.24) is 14.8 Å². The van der Waals surface area contributed by atoms with E-state index in [1.165, 1.54) is 6.92 Å². The number of nitrogens with one attached hydrogen (secondary N) is 1. The predicted molar refractivity (Wildman–Crippen MR) is 136 cm³/mol. The summed E-state index contributed by atoms with van der Waals surface area (Å²) < 4.78 is 7.01. The van der Waals surface area contributed by atoms with Crippen molar-refractivity contribution in [2.45, 2.75) is 41.2 Å². The number of rotatable bonds is 7. The molecule has 1 aromatic carbocycles. The van der Waals surface area contributed by atoms with Crippen molar-refractivity contribution in [1.29, 1.82) is 0 Å². The predicted octanol–water partition coefficient (Wildman–Crippen LogP) is 5.43. The molecule has 3 heterocycles. The summed E-state index contributed by atoms with van der Waals surface area (Å²) in [5.74, 6) is -1.17. The average Bonchev–Trinajstić information content (AvgIpc) is 3.37. The summed E-state index contributed by atoms with van der Waals surface area (Å²) in [6, 6.07) is 9.12. The number of pyridine rings is 1. The number of aryl methyl sites for hydroxylation is 2. The quantitative estimate of drug-likeness (QED) is 0.274. The Balaban J connectivity index is 1.82. The highest BCUT2D eigenvalue weighted by atomic mass is 32.1. The highest BCUT2D eigenvalue weighted by Gasteiger charge is 2.26. The number of para-hydroxylation sites is 1. The molecule has 0 saturated heterocycles. The Kier molecular flexibility index (Phi) is 6.79. The van der Waals surface area contributed by atoms with E-state index < -0.39 is 11.9 Å². The molecule has 1 N–H and O–H groups in total. The fraction of sp³-hybridized carbons (Fsp3) is 0.269. The molecule has 8 nitrogen and oxygen atoms in total. The Labute approximate surface area is 206 Å². The lowest BCUT2D eigenvalue weighted by molar-refractivity contribution is 0.0527. The summed E-state index contributed by atoms with van der Waals surface area (Å²) in [6.45, 7) is 9.62. The number of hydrogen-bond acceptors (Lipinski definition) is 7. The zero-order valence-electron chi connectivity index (χ0n) is 20.3. The van der Waals surface area contributed by atoms with Gasteiger partial charge in [0.2, 0.25) is 0 Å². The fourth-order valence-electron chi connectivity index (χ4n) is 3.99. The van der Waals surface area contributed by atoms with Gasteiger partial charge >= 0.3 is 5.97 Å².